The Morgan fingerprint density at radius 3 is 2.41 bits per heavy atom. The van der Waals surface area contributed by atoms with Crippen LogP contribution >= 0.6 is 0 Å². The van der Waals surface area contributed by atoms with Gasteiger partial charge >= 0.3 is 5.97 Å². The van der Waals surface area contributed by atoms with E-state index in [1.54, 1.807) is 6.92 Å². The molecule has 0 aromatic rings. The minimum absolute atomic E-state index is 0.526. The molecule has 1 N–H and O–H groups in total. The average Bonchev–Trinajstić information content (AvgIpc) is 2.78. The van der Waals surface area contributed by atoms with Gasteiger partial charge in [-0.3, -0.25) is 0 Å². The molecule has 0 amide bonds. The molecular formula is C15H24O2. The molecule has 2 rings (SSSR count). The molecule has 0 aromatic heterocycles. The molecule has 0 aromatic carbocycles. The van der Waals surface area contributed by atoms with Crippen molar-refractivity contribution in [1.82, 2.24) is 0 Å². The second-order valence-electron chi connectivity index (χ2n) is 5.89. The van der Waals surface area contributed by atoms with E-state index < -0.39 is 5.97 Å². The van der Waals surface area contributed by atoms with Crippen molar-refractivity contribution in [2.24, 2.45) is 17.8 Å². The monoisotopic (exact) mass is 236 g/mol. The molecule has 0 heterocycles. The number of carboxylic acid groups (broad SMARTS) is 1. The quantitative estimate of drug-likeness (QED) is 0.752. The van der Waals surface area contributed by atoms with Crippen molar-refractivity contribution >= 4 is 5.97 Å². The summed E-state index contributed by atoms with van der Waals surface area (Å²) in [5.41, 5.74) is 0.527. The predicted molar refractivity (Wildman–Crippen MR) is 68.8 cm³/mol. The van der Waals surface area contributed by atoms with Crippen molar-refractivity contribution in [2.45, 2.75) is 58.3 Å². The number of carbonyl (C=O) groups is 1. The molecule has 0 aliphatic heterocycles. The standard InChI is InChI=1S/C15H24O2/c1-11(15(16)17)9-12-7-8-14(10-12)13-5-3-2-4-6-13/h9,12-14H,2-8,10H2,1H3,(H,16,17). The molecule has 2 fully saturated rings. The Hall–Kier alpha value is -0.790. The Balaban J connectivity index is 1.86. The van der Waals surface area contributed by atoms with Crippen molar-refractivity contribution in [1.29, 1.82) is 0 Å². The molecule has 0 radical (unpaired) electrons. The molecule has 0 saturated heterocycles. The number of hydrogen-bond acceptors (Lipinski definition) is 1. The van der Waals surface area contributed by atoms with E-state index in [0.29, 0.717) is 11.5 Å². The Morgan fingerprint density at radius 2 is 1.76 bits per heavy atom. The summed E-state index contributed by atoms with van der Waals surface area (Å²) in [6.45, 7) is 1.72. The van der Waals surface area contributed by atoms with E-state index in [1.165, 1.54) is 51.4 Å². The first-order valence-corrected chi connectivity index (χ1v) is 7.08. The Bertz CT molecular complexity index is 300. The highest BCUT2D eigenvalue weighted by Crippen LogP contribution is 2.42. The summed E-state index contributed by atoms with van der Waals surface area (Å²) in [5.74, 6) is 1.58. The zero-order valence-corrected chi connectivity index (χ0v) is 10.8. The van der Waals surface area contributed by atoms with Gasteiger partial charge in [-0.1, -0.05) is 38.2 Å². The maximum absolute atomic E-state index is 10.8. The molecule has 0 spiro atoms. The maximum Gasteiger partial charge on any atom is 0.330 e. The zero-order valence-electron chi connectivity index (χ0n) is 10.8. The fourth-order valence-electron chi connectivity index (χ4n) is 3.66. The number of aliphatic carboxylic acids is 1. The van der Waals surface area contributed by atoms with Gasteiger partial charge in [0.2, 0.25) is 0 Å². The van der Waals surface area contributed by atoms with Crippen LogP contribution in [0.25, 0.3) is 0 Å². The van der Waals surface area contributed by atoms with Gasteiger partial charge in [0.25, 0.3) is 0 Å². The van der Waals surface area contributed by atoms with Gasteiger partial charge in [-0.25, -0.2) is 4.79 Å². The Kier molecular flexibility index (Phi) is 4.25. The summed E-state index contributed by atoms with van der Waals surface area (Å²) >= 11 is 0. The van der Waals surface area contributed by atoms with Crippen LogP contribution in [0.15, 0.2) is 11.6 Å². The largest absolute Gasteiger partial charge is 0.478 e. The predicted octanol–water partition coefficient (Wildman–Crippen LogP) is 4.01. The second kappa shape index (κ2) is 5.70. The lowest BCUT2D eigenvalue weighted by Crippen LogP contribution is -2.15. The molecule has 0 bridgehead atoms. The molecule has 2 heteroatoms. The topological polar surface area (TPSA) is 37.3 Å². The van der Waals surface area contributed by atoms with Gasteiger partial charge in [0, 0.05) is 5.57 Å². The highest BCUT2D eigenvalue weighted by molar-refractivity contribution is 5.85. The number of carboxylic acids is 1. The van der Waals surface area contributed by atoms with Gasteiger partial charge in [0.05, 0.1) is 0 Å². The molecular weight excluding hydrogens is 212 g/mol. The van der Waals surface area contributed by atoms with E-state index >= 15 is 0 Å². The van der Waals surface area contributed by atoms with Crippen LogP contribution in [0.3, 0.4) is 0 Å². The van der Waals surface area contributed by atoms with Crippen LogP contribution in [-0.2, 0) is 4.79 Å². The van der Waals surface area contributed by atoms with Crippen molar-refractivity contribution in [3.63, 3.8) is 0 Å². The molecule has 2 aliphatic rings. The SMILES string of the molecule is CC(=CC1CCC(C2CCCCC2)C1)C(=O)O. The van der Waals surface area contributed by atoms with Crippen LogP contribution in [0.4, 0.5) is 0 Å². The minimum atomic E-state index is -0.758. The molecule has 2 aliphatic carbocycles. The molecule has 2 atom stereocenters. The average molecular weight is 236 g/mol. The summed E-state index contributed by atoms with van der Waals surface area (Å²) in [4.78, 5) is 10.8. The van der Waals surface area contributed by atoms with E-state index in [9.17, 15) is 4.79 Å². The first kappa shape index (κ1) is 12.7. The fourth-order valence-corrected chi connectivity index (χ4v) is 3.66. The highest BCUT2D eigenvalue weighted by atomic mass is 16.4. The molecule has 2 saturated carbocycles. The second-order valence-corrected chi connectivity index (χ2v) is 5.89. The van der Waals surface area contributed by atoms with Gasteiger partial charge in [-0.2, -0.15) is 0 Å². The number of allylic oxidation sites excluding steroid dienone is 1. The van der Waals surface area contributed by atoms with Crippen molar-refractivity contribution in [3.05, 3.63) is 11.6 Å². The van der Waals surface area contributed by atoms with Gasteiger partial charge in [0.1, 0.15) is 0 Å². The summed E-state index contributed by atoms with van der Waals surface area (Å²) in [6.07, 6.45) is 12.8. The van der Waals surface area contributed by atoms with Gasteiger partial charge < -0.3 is 5.11 Å². The lowest BCUT2D eigenvalue weighted by atomic mass is 9.79. The van der Waals surface area contributed by atoms with Crippen LogP contribution in [0.5, 0.6) is 0 Å². The normalized spacial score (nSPS) is 31.7. The molecule has 2 unspecified atom stereocenters. The fraction of sp³-hybridized carbons (Fsp3) is 0.800. The van der Waals surface area contributed by atoms with Gasteiger partial charge in [-0.05, 0) is 43.9 Å². The summed E-state index contributed by atoms with van der Waals surface area (Å²) < 4.78 is 0. The van der Waals surface area contributed by atoms with Gasteiger partial charge in [-0.15, -0.1) is 0 Å². The lowest BCUT2D eigenvalue weighted by molar-refractivity contribution is -0.132. The van der Waals surface area contributed by atoms with Crippen molar-refractivity contribution in [2.75, 3.05) is 0 Å². The maximum atomic E-state index is 10.8. The summed E-state index contributed by atoms with van der Waals surface area (Å²) in [7, 11) is 0. The number of hydrogen-bond donors (Lipinski definition) is 1. The minimum Gasteiger partial charge on any atom is -0.478 e. The Labute approximate surface area is 104 Å². The van der Waals surface area contributed by atoms with E-state index in [4.69, 9.17) is 5.11 Å². The molecule has 2 nitrogen and oxygen atoms in total. The van der Waals surface area contributed by atoms with Crippen LogP contribution < -0.4 is 0 Å². The molecule has 17 heavy (non-hydrogen) atoms. The van der Waals surface area contributed by atoms with Crippen molar-refractivity contribution in [3.8, 4) is 0 Å². The zero-order chi connectivity index (χ0) is 12.3. The first-order chi connectivity index (χ1) is 8.16. The van der Waals surface area contributed by atoms with Crippen LogP contribution in [-0.4, -0.2) is 11.1 Å². The summed E-state index contributed by atoms with van der Waals surface area (Å²) in [5, 5.41) is 8.89. The first-order valence-electron chi connectivity index (χ1n) is 7.08. The van der Waals surface area contributed by atoms with Crippen LogP contribution in [0.2, 0.25) is 0 Å². The smallest absolute Gasteiger partial charge is 0.330 e. The van der Waals surface area contributed by atoms with Crippen LogP contribution in [0, 0.1) is 17.8 Å². The highest BCUT2D eigenvalue weighted by Gasteiger charge is 2.30. The lowest BCUT2D eigenvalue weighted by Gasteiger charge is -2.27. The van der Waals surface area contributed by atoms with E-state index in [-0.39, 0.29) is 0 Å². The van der Waals surface area contributed by atoms with Gasteiger partial charge in [0.15, 0.2) is 0 Å². The van der Waals surface area contributed by atoms with E-state index in [2.05, 4.69) is 0 Å². The summed E-state index contributed by atoms with van der Waals surface area (Å²) in [6, 6.07) is 0. The third kappa shape index (κ3) is 3.34. The van der Waals surface area contributed by atoms with Crippen molar-refractivity contribution < 1.29 is 9.90 Å². The van der Waals surface area contributed by atoms with Crippen LogP contribution in [0.1, 0.15) is 58.3 Å². The number of rotatable bonds is 3. The molecule has 96 valence electrons. The third-order valence-corrected chi connectivity index (χ3v) is 4.65. The Morgan fingerprint density at radius 1 is 1.06 bits per heavy atom. The third-order valence-electron chi connectivity index (χ3n) is 4.65. The van der Waals surface area contributed by atoms with E-state index in [1.807, 2.05) is 6.08 Å². The van der Waals surface area contributed by atoms with E-state index in [0.717, 1.165) is 11.8 Å².